The van der Waals surface area contributed by atoms with Crippen molar-refractivity contribution in [3.8, 4) is 5.69 Å². The molecule has 19 heavy (non-hydrogen) atoms. The molecule has 0 bridgehead atoms. The van der Waals surface area contributed by atoms with Crippen LogP contribution in [0.3, 0.4) is 0 Å². The molecule has 3 nitrogen and oxygen atoms in total. The second kappa shape index (κ2) is 4.43. The van der Waals surface area contributed by atoms with E-state index in [0.717, 1.165) is 29.0 Å². The third-order valence-electron chi connectivity index (χ3n) is 3.42. The van der Waals surface area contributed by atoms with E-state index in [0.29, 0.717) is 0 Å². The standard InChI is InChI=1S/C16H17N3/c1-3-16-18-13-10-12(17)8-9-15(13)19(16)14-7-5-4-6-11(14)2/h4-10H,3,17H2,1-2H3. The molecule has 0 radical (unpaired) electrons. The number of fused-ring (bicyclic) bond motifs is 1. The first-order valence-electron chi connectivity index (χ1n) is 6.53. The molecule has 3 heteroatoms. The Hall–Kier alpha value is -2.29. The number of anilines is 1. The van der Waals surface area contributed by atoms with Crippen LogP contribution >= 0.6 is 0 Å². The van der Waals surface area contributed by atoms with Crippen molar-refractivity contribution >= 4 is 16.7 Å². The summed E-state index contributed by atoms with van der Waals surface area (Å²) in [5, 5.41) is 0. The lowest BCUT2D eigenvalue weighted by atomic mass is 10.2. The maximum Gasteiger partial charge on any atom is 0.114 e. The minimum atomic E-state index is 0.754. The lowest BCUT2D eigenvalue weighted by molar-refractivity contribution is 0.903. The van der Waals surface area contributed by atoms with Crippen LogP contribution in [0.1, 0.15) is 18.3 Å². The smallest absolute Gasteiger partial charge is 0.114 e. The number of aromatic nitrogens is 2. The first-order chi connectivity index (χ1) is 9.20. The van der Waals surface area contributed by atoms with Gasteiger partial charge < -0.3 is 5.73 Å². The third-order valence-corrected chi connectivity index (χ3v) is 3.42. The van der Waals surface area contributed by atoms with E-state index in [1.165, 1.54) is 11.3 Å². The van der Waals surface area contributed by atoms with E-state index in [-0.39, 0.29) is 0 Å². The molecule has 1 heterocycles. The molecule has 0 amide bonds. The zero-order valence-corrected chi connectivity index (χ0v) is 11.2. The molecule has 0 saturated heterocycles. The van der Waals surface area contributed by atoms with Gasteiger partial charge in [-0.15, -0.1) is 0 Å². The van der Waals surface area contributed by atoms with Gasteiger partial charge in [-0.05, 0) is 36.8 Å². The molecule has 0 aliphatic carbocycles. The largest absolute Gasteiger partial charge is 0.399 e. The SMILES string of the molecule is CCc1nc2cc(N)ccc2n1-c1ccccc1C. The van der Waals surface area contributed by atoms with E-state index in [2.05, 4.69) is 42.7 Å². The minimum Gasteiger partial charge on any atom is -0.399 e. The lowest BCUT2D eigenvalue weighted by Gasteiger charge is -2.11. The summed E-state index contributed by atoms with van der Waals surface area (Å²) in [5.74, 6) is 1.06. The normalized spacial score (nSPS) is 11.1. The first-order valence-corrected chi connectivity index (χ1v) is 6.53. The van der Waals surface area contributed by atoms with Gasteiger partial charge in [0.15, 0.2) is 0 Å². The molecule has 0 saturated carbocycles. The van der Waals surface area contributed by atoms with Crippen LogP contribution in [-0.2, 0) is 6.42 Å². The van der Waals surface area contributed by atoms with E-state index in [1.54, 1.807) is 0 Å². The van der Waals surface area contributed by atoms with Crippen molar-refractivity contribution < 1.29 is 0 Å². The Balaban J connectivity index is 2.36. The number of hydrogen-bond acceptors (Lipinski definition) is 2. The second-order valence-electron chi connectivity index (χ2n) is 4.75. The fourth-order valence-electron chi connectivity index (χ4n) is 2.47. The number of nitrogens with two attached hydrogens (primary N) is 1. The molecular formula is C16H17N3. The quantitative estimate of drug-likeness (QED) is 0.709. The van der Waals surface area contributed by atoms with Crippen LogP contribution in [0.25, 0.3) is 16.7 Å². The van der Waals surface area contributed by atoms with Crippen LogP contribution in [-0.4, -0.2) is 9.55 Å². The molecule has 2 N–H and O–H groups in total. The molecular weight excluding hydrogens is 234 g/mol. The molecule has 96 valence electrons. The Morgan fingerprint density at radius 1 is 1.16 bits per heavy atom. The monoisotopic (exact) mass is 251 g/mol. The van der Waals surface area contributed by atoms with E-state index < -0.39 is 0 Å². The van der Waals surface area contributed by atoms with Crippen LogP contribution in [0, 0.1) is 6.92 Å². The number of rotatable bonds is 2. The molecule has 0 fully saturated rings. The summed E-state index contributed by atoms with van der Waals surface area (Å²) >= 11 is 0. The maximum absolute atomic E-state index is 5.84. The summed E-state index contributed by atoms with van der Waals surface area (Å²) in [6, 6.07) is 14.3. The predicted molar refractivity (Wildman–Crippen MR) is 79.6 cm³/mol. The Bertz CT molecular complexity index is 741. The number of nitrogen functional groups attached to an aromatic ring is 1. The van der Waals surface area contributed by atoms with Crippen molar-refractivity contribution in [2.45, 2.75) is 20.3 Å². The van der Waals surface area contributed by atoms with Gasteiger partial charge in [0.25, 0.3) is 0 Å². The molecule has 0 aliphatic heterocycles. The molecule has 3 aromatic rings. The van der Waals surface area contributed by atoms with Crippen molar-refractivity contribution in [2.75, 3.05) is 5.73 Å². The average Bonchev–Trinajstić information content (AvgIpc) is 2.76. The van der Waals surface area contributed by atoms with E-state index in [1.807, 2.05) is 18.2 Å². The Morgan fingerprint density at radius 3 is 2.68 bits per heavy atom. The van der Waals surface area contributed by atoms with Crippen molar-refractivity contribution in [3.05, 3.63) is 53.9 Å². The Labute approximate surface area is 112 Å². The predicted octanol–water partition coefficient (Wildman–Crippen LogP) is 3.48. The fraction of sp³-hybridized carbons (Fsp3) is 0.188. The molecule has 0 aliphatic rings. The number of nitrogens with zero attached hydrogens (tertiary/aromatic N) is 2. The van der Waals surface area contributed by atoms with Gasteiger partial charge in [-0.2, -0.15) is 0 Å². The average molecular weight is 251 g/mol. The van der Waals surface area contributed by atoms with Crippen molar-refractivity contribution in [1.82, 2.24) is 9.55 Å². The fourth-order valence-corrected chi connectivity index (χ4v) is 2.47. The topological polar surface area (TPSA) is 43.8 Å². The van der Waals surface area contributed by atoms with E-state index in [9.17, 15) is 0 Å². The van der Waals surface area contributed by atoms with Crippen molar-refractivity contribution in [3.63, 3.8) is 0 Å². The number of benzene rings is 2. The summed E-state index contributed by atoms with van der Waals surface area (Å²) in [4.78, 5) is 4.69. The molecule has 0 atom stereocenters. The van der Waals surface area contributed by atoms with Gasteiger partial charge in [0.2, 0.25) is 0 Å². The summed E-state index contributed by atoms with van der Waals surface area (Å²) in [7, 11) is 0. The van der Waals surface area contributed by atoms with Crippen LogP contribution < -0.4 is 5.73 Å². The van der Waals surface area contributed by atoms with Gasteiger partial charge in [0, 0.05) is 12.1 Å². The van der Waals surface area contributed by atoms with E-state index >= 15 is 0 Å². The zero-order valence-electron chi connectivity index (χ0n) is 11.2. The van der Waals surface area contributed by atoms with Crippen LogP contribution in [0.4, 0.5) is 5.69 Å². The molecule has 0 unspecified atom stereocenters. The van der Waals surface area contributed by atoms with Crippen LogP contribution in [0.15, 0.2) is 42.5 Å². The number of para-hydroxylation sites is 1. The number of hydrogen-bond donors (Lipinski definition) is 1. The van der Waals surface area contributed by atoms with Gasteiger partial charge in [0.1, 0.15) is 5.82 Å². The second-order valence-corrected chi connectivity index (χ2v) is 4.75. The highest BCUT2D eigenvalue weighted by Crippen LogP contribution is 2.25. The first kappa shape index (κ1) is 11.8. The summed E-state index contributed by atoms with van der Waals surface area (Å²) < 4.78 is 2.23. The highest BCUT2D eigenvalue weighted by atomic mass is 15.1. The van der Waals surface area contributed by atoms with Crippen LogP contribution in [0.2, 0.25) is 0 Å². The maximum atomic E-state index is 5.84. The third kappa shape index (κ3) is 1.87. The number of imidazole rings is 1. The van der Waals surface area contributed by atoms with Gasteiger partial charge in [-0.3, -0.25) is 4.57 Å². The highest BCUT2D eigenvalue weighted by molar-refractivity contribution is 5.81. The van der Waals surface area contributed by atoms with E-state index in [4.69, 9.17) is 10.7 Å². The minimum absolute atomic E-state index is 0.754. The summed E-state index contributed by atoms with van der Waals surface area (Å²) in [5.41, 5.74) is 11.1. The van der Waals surface area contributed by atoms with Gasteiger partial charge in [-0.25, -0.2) is 4.98 Å². The zero-order chi connectivity index (χ0) is 13.4. The van der Waals surface area contributed by atoms with Gasteiger partial charge in [0.05, 0.1) is 16.7 Å². The van der Waals surface area contributed by atoms with Gasteiger partial charge in [-0.1, -0.05) is 25.1 Å². The van der Waals surface area contributed by atoms with Crippen LogP contribution in [0.5, 0.6) is 0 Å². The molecule has 1 aromatic heterocycles. The molecule has 3 rings (SSSR count). The van der Waals surface area contributed by atoms with Gasteiger partial charge >= 0.3 is 0 Å². The van der Waals surface area contributed by atoms with Crippen molar-refractivity contribution in [1.29, 1.82) is 0 Å². The molecule has 0 spiro atoms. The Kier molecular flexibility index (Phi) is 2.75. The lowest BCUT2D eigenvalue weighted by Crippen LogP contribution is -2.01. The molecule has 2 aromatic carbocycles. The summed E-state index contributed by atoms with van der Waals surface area (Å²) in [6.45, 7) is 4.25. The number of aryl methyl sites for hydroxylation is 2. The van der Waals surface area contributed by atoms with Crippen molar-refractivity contribution in [2.24, 2.45) is 0 Å². The Morgan fingerprint density at radius 2 is 1.95 bits per heavy atom. The summed E-state index contributed by atoms with van der Waals surface area (Å²) in [6.07, 6.45) is 0.892. The highest BCUT2D eigenvalue weighted by Gasteiger charge is 2.12.